The normalized spacial score (nSPS) is 12.0. The molecule has 1 atom stereocenters. The van der Waals surface area contributed by atoms with Crippen LogP contribution >= 0.6 is 0 Å². The highest BCUT2D eigenvalue weighted by Crippen LogP contribution is 2.12. The largest absolute Gasteiger partial charge is 0.352 e. The zero-order chi connectivity index (χ0) is 13.0. The van der Waals surface area contributed by atoms with E-state index in [1.807, 2.05) is 33.8 Å². The Balaban J connectivity index is 3.02. The van der Waals surface area contributed by atoms with Gasteiger partial charge in [0, 0.05) is 17.4 Å². The molecule has 0 saturated heterocycles. The summed E-state index contributed by atoms with van der Waals surface area (Å²) in [5.74, 6) is -1.04. The Morgan fingerprint density at radius 2 is 1.88 bits per heavy atom. The maximum Gasteiger partial charge on any atom is 0.245 e. The fraction of sp³-hybridized carbons (Fsp3) is 0.500. The van der Waals surface area contributed by atoms with Gasteiger partial charge in [0.25, 0.3) is 0 Å². The maximum absolute atomic E-state index is 11.8. The first-order valence-electron chi connectivity index (χ1n) is 5.46. The Morgan fingerprint density at radius 1 is 1.35 bits per heavy atom. The minimum absolute atomic E-state index is 0.00995. The van der Waals surface area contributed by atoms with E-state index in [1.54, 1.807) is 6.07 Å². The van der Waals surface area contributed by atoms with Crippen LogP contribution in [0.3, 0.4) is 0 Å². The molecule has 1 heterocycles. The Morgan fingerprint density at radius 3 is 2.29 bits per heavy atom. The summed E-state index contributed by atoms with van der Waals surface area (Å²) in [6, 6.07) is 3.73. The highest BCUT2D eigenvalue weighted by atomic mass is 16.1. The van der Waals surface area contributed by atoms with Gasteiger partial charge in [0.1, 0.15) is 0 Å². The first-order valence-corrected chi connectivity index (χ1v) is 5.46. The summed E-state index contributed by atoms with van der Waals surface area (Å²) in [4.78, 5) is 20.1. The second-order valence-corrected chi connectivity index (χ2v) is 4.23. The fourth-order valence-electron chi connectivity index (χ4n) is 1.48. The van der Waals surface area contributed by atoms with Gasteiger partial charge >= 0.3 is 0 Å². The van der Waals surface area contributed by atoms with Crippen molar-refractivity contribution in [3.63, 3.8) is 0 Å². The predicted octanol–water partition coefficient (Wildman–Crippen LogP) is 1.23. The Bertz CT molecular complexity index is 442. The molecule has 0 unspecified atom stereocenters. The zero-order valence-electron chi connectivity index (χ0n) is 10.5. The van der Waals surface area contributed by atoms with Gasteiger partial charge in [0.05, 0.1) is 6.07 Å². The average molecular weight is 232 g/mol. The zero-order valence-corrected chi connectivity index (χ0v) is 10.5. The van der Waals surface area contributed by atoms with Crippen LogP contribution in [-0.2, 0) is 4.79 Å². The molecule has 17 heavy (non-hydrogen) atoms. The first kappa shape index (κ1) is 13.1. The number of aromatic nitrogens is 2. The molecule has 0 radical (unpaired) electrons. The first-order chi connectivity index (χ1) is 7.93. The van der Waals surface area contributed by atoms with E-state index in [1.165, 1.54) is 0 Å². The number of nitriles is 1. The number of hydrogen-bond donors (Lipinski definition) is 1. The lowest BCUT2D eigenvalue weighted by Gasteiger charge is -2.12. The Hall–Kier alpha value is -1.96. The number of carbonyl (C=O) groups is 1. The molecule has 0 aliphatic carbocycles. The molecule has 1 aromatic rings. The molecule has 0 aromatic carbocycles. The van der Waals surface area contributed by atoms with E-state index in [-0.39, 0.29) is 17.8 Å². The smallest absolute Gasteiger partial charge is 0.245 e. The Labute approximate surface area is 101 Å². The molecule has 1 rings (SSSR count). The predicted molar refractivity (Wildman–Crippen MR) is 63.1 cm³/mol. The quantitative estimate of drug-likeness (QED) is 0.850. The number of hydrogen-bond acceptors (Lipinski definition) is 4. The molecule has 0 bridgehead atoms. The third-order valence-electron chi connectivity index (χ3n) is 2.08. The highest BCUT2D eigenvalue weighted by molar-refractivity contribution is 5.85. The third kappa shape index (κ3) is 3.52. The van der Waals surface area contributed by atoms with Crippen molar-refractivity contribution in [2.75, 3.05) is 0 Å². The van der Waals surface area contributed by atoms with Crippen LogP contribution in [0.25, 0.3) is 0 Å². The monoisotopic (exact) mass is 232 g/mol. The van der Waals surface area contributed by atoms with Crippen molar-refractivity contribution < 1.29 is 4.79 Å². The molecular formula is C12H16N4O. The lowest BCUT2D eigenvalue weighted by molar-refractivity contribution is -0.122. The lowest BCUT2D eigenvalue weighted by Crippen LogP contribution is -2.34. The number of nitrogens with one attached hydrogen (secondary N) is 1. The molecule has 5 nitrogen and oxygen atoms in total. The van der Waals surface area contributed by atoms with Crippen molar-refractivity contribution in [3.8, 4) is 6.07 Å². The number of amides is 1. The molecule has 1 N–H and O–H groups in total. The summed E-state index contributed by atoms with van der Waals surface area (Å²) >= 11 is 0. The van der Waals surface area contributed by atoms with Crippen LogP contribution in [0.4, 0.5) is 0 Å². The molecule has 0 fully saturated rings. The molecule has 5 heteroatoms. The van der Waals surface area contributed by atoms with E-state index >= 15 is 0 Å². The summed E-state index contributed by atoms with van der Waals surface area (Å²) in [6.07, 6.45) is 0. The van der Waals surface area contributed by atoms with Gasteiger partial charge < -0.3 is 5.32 Å². The second-order valence-electron chi connectivity index (χ2n) is 4.23. The van der Waals surface area contributed by atoms with Crippen LogP contribution in [0, 0.1) is 25.2 Å². The highest BCUT2D eigenvalue weighted by Gasteiger charge is 2.23. The number of carbonyl (C=O) groups excluding carboxylic acids is 1. The van der Waals surface area contributed by atoms with Crippen molar-refractivity contribution >= 4 is 5.91 Å². The minimum atomic E-state index is -0.948. The summed E-state index contributed by atoms with van der Waals surface area (Å²) in [6.45, 7) is 7.31. The van der Waals surface area contributed by atoms with Crippen LogP contribution in [0.2, 0.25) is 0 Å². The van der Waals surface area contributed by atoms with Gasteiger partial charge in [-0.3, -0.25) is 4.79 Å². The SMILES string of the molecule is Cc1cc(C)nc([C@@H](C#N)C(=O)NC(C)C)n1. The van der Waals surface area contributed by atoms with Gasteiger partial charge in [-0.2, -0.15) is 5.26 Å². The minimum Gasteiger partial charge on any atom is -0.352 e. The summed E-state index contributed by atoms with van der Waals surface area (Å²) in [5, 5.41) is 11.7. The molecule has 1 aromatic heterocycles. The van der Waals surface area contributed by atoms with Gasteiger partial charge in [0.15, 0.2) is 11.7 Å². The average Bonchev–Trinajstić information content (AvgIpc) is 2.15. The standard InChI is InChI=1S/C12H16N4O/c1-7(2)14-12(17)10(6-13)11-15-8(3)5-9(4)16-11/h5,7,10H,1-4H3,(H,14,17)/t10-/m1/s1. The van der Waals surface area contributed by atoms with Crippen LogP contribution in [-0.4, -0.2) is 21.9 Å². The topological polar surface area (TPSA) is 78.7 Å². The van der Waals surface area contributed by atoms with Gasteiger partial charge in [-0.1, -0.05) is 0 Å². The summed E-state index contributed by atoms with van der Waals surface area (Å²) in [7, 11) is 0. The molecule has 1 amide bonds. The van der Waals surface area contributed by atoms with Crippen LogP contribution < -0.4 is 5.32 Å². The van der Waals surface area contributed by atoms with E-state index in [4.69, 9.17) is 5.26 Å². The summed E-state index contributed by atoms with van der Waals surface area (Å²) < 4.78 is 0. The molecule has 0 saturated carbocycles. The van der Waals surface area contributed by atoms with Crippen molar-refractivity contribution in [1.29, 1.82) is 5.26 Å². The Kier molecular flexibility index (Phi) is 4.16. The third-order valence-corrected chi connectivity index (χ3v) is 2.08. The van der Waals surface area contributed by atoms with E-state index in [0.29, 0.717) is 0 Å². The van der Waals surface area contributed by atoms with Gasteiger partial charge in [-0.05, 0) is 33.8 Å². The van der Waals surface area contributed by atoms with E-state index < -0.39 is 5.92 Å². The molecule has 0 spiro atoms. The molecule has 90 valence electrons. The molecular weight excluding hydrogens is 216 g/mol. The number of rotatable bonds is 3. The maximum atomic E-state index is 11.8. The number of nitrogens with zero attached hydrogens (tertiary/aromatic N) is 3. The van der Waals surface area contributed by atoms with Crippen molar-refractivity contribution in [2.24, 2.45) is 0 Å². The van der Waals surface area contributed by atoms with E-state index in [2.05, 4.69) is 15.3 Å². The second kappa shape index (κ2) is 5.39. The lowest BCUT2D eigenvalue weighted by atomic mass is 10.1. The van der Waals surface area contributed by atoms with Crippen LogP contribution in [0.5, 0.6) is 0 Å². The fourth-order valence-corrected chi connectivity index (χ4v) is 1.48. The van der Waals surface area contributed by atoms with Gasteiger partial charge in [-0.25, -0.2) is 9.97 Å². The van der Waals surface area contributed by atoms with E-state index in [0.717, 1.165) is 11.4 Å². The number of aryl methyl sites for hydroxylation is 2. The van der Waals surface area contributed by atoms with Crippen LogP contribution in [0.1, 0.15) is 37.0 Å². The van der Waals surface area contributed by atoms with Crippen LogP contribution in [0.15, 0.2) is 6.07 Å². The summed E-state index contributed by atoms with van der Waals surface area (Å²) in [5.41, 5.74) is 1.51. The van der Waals surface area contributed by atoms with Crippen molar-refractivity contribution in [1.82, 2.24) is 15.3 Å². The molecule has 0 aliphatic rings. The molecule has 0 aliphatic heterocycles. The van der Waals surface area contributed by atoms with Crippen molar-refractivity contribution in [2.45, 2.75) is 39.7 Å². The van der Waals surface area contributed by atoms with Gasteiger partial charge in [0.2, 0.25) is 5.91 Å². The van der Waals surface area contributed by atoms with Gasteiger partial charge in [-0.15, -0.1) is 0 Å². The van der Waals surface area contributed by atoms with Crippen molar-refractivity contribution in [3.05, 3.63) is 23.3 Å². The van der Waals surface area contributed by atoms with E-state index in [9.17, 15) is 4.79 Å².